The van der Waals surface area contributed by atoms with E-state index >= 15 is 0 Å². The van der Waals surface area contributed by atoms with Crippen LogP contribution in [0, 0.1) is 0 Å². The highest BCUT2D eigenvalue weighted by molar-refractivity contribution is 6.08. The topological polar surface area (TPSA) is 59.2 Å². The fraction of sp³-hybridized carbons (Fsp3) is 0.0769. The van der Waals surface area contributed by atoms with E-state index in [4.69, 9.17) is 5.73 Å². The first kappa shape index (κ1) is 11.1. The molecule has 1 heterocycles. The molecule has 0 aliphatic carbocycles. The van der Waals surface area contributed by atoms with Crippen molar-refractivity contribution in [3.05, 3.63) is 54.4 Å². The molecule has 86 valence electrons. The first-order chi connectivity index (χ1) is 8.20. The Morgan fingerprint density at radius 1 is 1.24 bits per heavy atom. The van der Waals surface area contributed by atoms with Crippen LogP contribution in [0.2, 0.25) is 0 Å². The molecule has 4 nitrogen and oxygen atoms in total. The van der Waals surface area contributed by atoms with Gasteiger partial charge in [0, 0.05) is 30.8 Å². The third-order valence-electron chi connectivity index (χ3n) is 2.53. The summed E-state index contributed by atoms with van der Waals surface area (Å²) in [7, 11) is 1.71. The molecule has 0 bridgehead atoms. The fourth-order valence-corrected chi connectivity index (χ4v) is 1.53. The van der Waals surface area contributed by atoms with Crippen molar-refractivity contribution in [1.82, 2.24) is 4.98 Å². The van der Waals surface area contributed by atoms with E-state index in [-0.39, 0.29) is 5.91 Å². The minimum atomic E-state index is -0.165. The number of nitrogen functional groups attached to an aromatic ring is 1. The number of amides is 1. The van der Waals surface area contributed by atoms with Crippen molar-refractivity contribution in [2.75, 3.05) is 17.7 Å². The van der Waals surface area contributed by atoms with Gasteiger partial charge in [-0.3, -0.25) is 9.78 Å². The summed E-state index contributed by atoms with van der Waals surface area (Å²) in [6.45, 7) is 0. The Morgan fingerprint density at radius 2 is 1.94 bits per heavy atom. The highest BCUT2D eigenvalue weighted by atomic mass is 16.2. The van der Waals surface area contributed by atoms with Crippen molar-refractivity contribution in [3.8, 4) is 0 Å². The molecule has 17 heavy (non-hydrogen) atoms. The molecule has 1 aromatic heterocycles. The van der Waals surface area contributed by atoms with Gasteiger partial charge >= 0.3 is 0 Å². The lowest BCUT2D eigenvalue weighted by atomic mass is 10.2. The Balaban J connectivity index is 2.30. The smallest absolute Gasteiger partial charge is 0.261 e. The molecule has 0 spiro atoms. The van der Waals surface area contributed by atoms with Crippen LogP contribution in [0.1, 0.15) is 10.4 Å². The Morgan fingerprint density at radius 3 is 2.59 bits per heavy atom. The monoisotopic (exact) mass is 227 g/mol. The van der Waals surface area contributed by atoms with Gasteiger partial charge in [-0.25, -0.2) is 0 Å². The molecule has 2 aromatic rings. The number of hydrogen-bond donors (Lipinski definition) is 1. The summed E-state index contributed by atoms with van der Waals surface area (Å²) >= 11 is 0. The third kappa shape index (κ3) is 2.25. The predicted octanol–water partition coefficient (Wildman–Crippen LogP) is 1.94. The summed E-state index contributed by atoms with van der Waals surface area (Å²) in [6, 6.07) is 11.0. The van der Waals surface area contributed by atoms with Crippen molar-refractivity contribution in [1.29, 1.82) is 0 Å². The number of hydrogen-bond acceptors (Lipinski definition) is 3. The minimum Gasteiger partial charge on any atom is -0.398 e. The summed E-state index contributed by atoms with van der Waals surface area (Å²) in [6.07, 6.45) is 3.05. The maximum Gasteiger partial charge on any atom is 0.261 e. The third-order valence-corrected chi connectivity index (χ3v) is 2.53. The van der Waals surface area contributed by atoms with Gasteiger partial charge in [-0.1, -0.05) is 18.2 Å². The summed E-state index contributed by atoms with van der Waals surface area (Å²) in [4.78, 5) is 17.6. The van der Waals surface area contributed by atoms with Crippen LogP contribution in [0.5, 0.6) is 0 Å². The fourth-order valence-electron chi connectivity index (χ4n) is 1.53. The van der Waals surface area contributed by atoms with Crippen LogP contribution in [-0.4, -0.2) is 17.9 Å². The van der Waals surface area contributed by atoms with Gasteiger partial charge in [0.2, 0.25) is 0 Å². The van der Waals surface area contributed by atoms with Crippen molar-refractivity contribution in [2.45, 2.75) is 0 Å². The molecular formula is C13H13N3O. The molecule has 0 saturated carbocycles. The van der Waals surface area contributed by atoms with Crippen LogP contribution in [0.15, 0.2) is 48.8 Å². The van der Waals surface area contributed by atoms with Gasteiger partial charge in [0.05, 0.1) is 5.56 Å². The number of benzene rings is 1. The van der Waals surface area contributed by atoms with Gasteiger partial charge in [-0.05, 0) is 18.2 Å². The number of nitrogens with two attached hydrogens (primary N) is 1. The molecule has 0 unspecified atom stereocenters. The van der Waals surface area contributed by atoms with Gasteiger partial charge in [0.15, 0.2) is 0 Å². The number of carbonyl (C=O) groups is 1. The minimum absolute atomic E-state index is 0.165. The van der Waals surface area contributed by atoms with Crippen molar-refractivity contribution >= 4 is 17.3 Å². The van der Waals surface area contributed by atoms with Gasteiger partial charge in [0.25, 0.3) is 5.91 Å². The molecule has 0 radical (unpaired) electrons. The average Bonchev–Trinajstić information content (AvgIpc) is 2.39. The second-order valence-electron chi connectivity index (χ2n) is 3.66. The maximum atomic E-state index is 12.2. The lowest BCUT2D eigenvalue weighted by Gasteiger charge is -2.17. The highest BCUT2D eigenvalue weighted by Gasteiger charge is 2.15. The van der Waals surface area contributed by atoms with Gasteiger partial charge in [-0.2, -0.15) is 0 Å². The normalized spacial score (nSPS) is 9.94. The quantitative estimate of drug-likeness (QED) is 0.852. The van der Waals surface area contributed by atoms with Crippen LogP contribution >= 0.6 is 0 Å². The molecule has 0 atom stereocenters. The van der Waals surface area contributed by atoms with E-state index in [0.29, 0.717) is 11.3 Å². The molecule has 2 N–H and O–H groups in total. The van der Waals surface area contributed by atoms with Crippen LogP contribution in [0.4, 0.5) is 11.4 Å². The number of para-hydroxylation sites is 1. The standard InChI is InChI=1S/C13H13N3O/c1-16(10-5-3-2-4-6-10)13(17)11-9-15-8-7-12(11)14/h2-9H,1H3,(H2,14,15). The predicted molar refractivity (Wildman–Crippen MR) is 67.8 cm³/mol. The van der Waals surface area contributed by atoms with Crippen LogP contribution in [0.3, 0.4) is 0 Å². The maximum absolute atomic E-state index is 12.2. The zero-order chi connectivity index (χ0) is 12.3. The van der Waals surface area contributed by atoms with E-state index in [1.54, 1.807) is 24.2 Å². The van der Waals surface area contributed by atoms with E-state index in [1.807, 2.05) is 30.3 Å². The first-order valence-corrected chi connectivity index (χ1v) is 5.22. The largest absolute Gasteiger partial charge is 0.398 e. The molecule has 1 amide bonds. The van der Waals surface area contributed by atoms with E-state index in [1.165, 1.54) is 6.20 Å². The number of carbonyl (C=O) groups excluding carboxylic acids is 1. The van der Waals surface area contributed by atoms with E-state index in [0.717, 1.165) is 5.69 Å². The lowest BCUT2D eigenvalue weighted by Crippen LogP contribution is -2.27. The molecular weight excluding hydrogens is 214 g/mol. The lowest BCUT2D eigenvalue weighted by molar-refractivity contribution is 0.0993. The van der Waals surface area contributed by atoms with Crippen molar-refractivity contribution in [3.63, 3.8) is 0 Å². The summed E-state index contributed by atoms with van der Waals surface area (Å²) < 4.78 is 0. The molecule has 0 aliphatic heterocycles. The molecule has 0 aliphatic rings. The van der Waals surface area contributed by atoms with Crippen LogP contribution in [0.25, 0.3) is 0 Å². The number of pyridine rings is 1. The number of aromatic nitrogens is 1. The van der Waals surface area contributed by atoms with Gasteiger partial charge in [0.1, 0.15) is 0 Å². The van der Waals surface area contributed by atoms with Crippen molar-refractivity contribution in [2.24, 2.45) is 0 Å². The van der Waals surface area contributed by atoms with E-state index in [9.17, 15) is 4.79 Å². The van der Waals surface area contributed by atoms with Crippen LogP contribution < -0.4 is 10.6 Å². The number of nitrogens with zero attached hydrogens (tertiary/aromatic N) is 2. The number of anilines is 2. The van der Waals surface area contributed by atoms with Crippen molar-refractivity contribution < 1.29 is 4.79 Å². The van der Waals surface area contributed by atoms with E-state index < -0.39 is 0 Å². The highest BCUT2D eigenvalue weighted by Crippen LogP contribution is 2.17. The summed E-state index contributed by atoms with van der Waals surface area (Å²) in [5.74, 6) is -0.165. The van der Waals surface area contributed by atoms with Gasteiger partial charge in [-0.15, -0.1) is 0 Å². The molecule has 4 heteroatoms. The zero-order valence-electron chi connectivity index (χ0n) is 9.50. The second-order valence-corrected chi connectivity index (χ2v) is 3.66. The van der Waals surface area contributed by atoms with E-state index in [2.05, 4.69) is 4.98 Å². The Kier molecular flexibility index (Phi) is 3.05. The average molecular weight is 227 g/mol. The van der Waals surface area contributed by atoms with Gasteiger partial charge < -0.3 is 10.6 Å². The number of rotatable bonds is 2. The molecule has 1 aromatic carbocycles. The Labute approximate surface area is 99.7 Å². The zero-order valence-corrected chi connectivity index (χ0v) is 9.50. The first-order valence-electron chi connectivity index (χ1n) is 5.22. The molecule has 0 fully saturated rings. The van der Waals surface area contributed by atoms with Crippen LogP contribution in [-0.2, 0) is 0 Å². The SMILES string of the molecule is CN(C(=O)c1cnccc1N)c1ccccc1. The Bertz CT molecular complexity index is 525. The summed E-state index contributed by atoms with van der Waals surface area (Å²) in [5.41, 5.74) is 7.42. The Hall–Kier alpha value is -2.36. The molecule has 0 saturated heterocycles. The second kappa shape index (κ2) is 4.65. The molecule has 2 rings (SSSR count). The summed E-state index contributed by atoms with van der Waals surface area (Å²) in [5, 5.41) is 0.